The first-order chi connectivity index (χ1) is 19.9. The molecule has 2 atom stereocenters. The van der Waals surface area contributed by atoms with Gasteiger partial charge in [0.1, 0.15) is 11.9 Å². The number of nitrogens with zero attached hydrogens (tertiary/aromatic N) is 4. The molecule has 0 spiro atoms. The molecule has 2 unspecified atom stereocenters. The normalized spacial score (nSPS) is 18.0. The maximum atomic E-state index is 13.1. The van der Waals surface area contributed by atoms with Crippen molar-refractivity contribution in [3.63, 3.8) is 0 Å². The molecule has 2 saturated heterocycles. The fourth-order valence-corrected chi connectivity index (χ4v) is 5.75. The lowest BCUT2D eigenvalue weighted by molar-refractivity contribution is -0.153. The van der Waals surface area contributed by atoms with Gasteiger partial charge in [-0.25, -0.2) is 14.1 Å². The molecule has 3 rings (SSSR count). The van der Waals surface area contributed by atoms with E-state index in [9.17, 15) is 37.2 Å². The molecule has 2 fully saturated rings. The molecule has 0 bridgehead atoms. The lowest BCUT2D eigenvalue weighted by Gasteiger charge is -2.36. The van der Waals surface area contributed by atoms with Crippen LogP contribution in [0.15, 0.2) is 5.38 Å². The summed E-state index contributed by atoms with van der Waals surface area (Å²) >= 11 is 6.38. The Bertz CT molecular complexity index is 1320. The summed E-state index contributed by atoms with van der Waals surface area (Å²) in [5.41, 5.74) is -0.0883. The highest BCUT2D eigenvalue weighted by Gasteiger charge is 2.46. The van der Waals surface area contributed by atoms with Gasteiger partial charge in [0.2, 0.25) is 11.8 Å². The highest BCUT2D eigenvalue weighted by molar-refractivity contribution is 7.84. The van der Waals surface area contributed by atoms with Crippen LogP contribution >= 0.6 is 22.9 Å². The summed E-state index contributed by atoms with van der Waals surface area (Å²) in [4.78, 5) is 81.5. The van der Waals surface area contributed by atoms with Gasteiger partial charge in [-0.1, -0.05) is 39.0 Å². The number of rotatable bonds is 14. The van der Waals surface area contributed by atoms with Gasteiger partial charge in [0.05, 0.1) is 12.2 Å². The summed E-state index contributed by atoms with van der Waals surface area (Å²) in [6.07, 6.45) is 5.99. The highest BCUT2D eigenvalue weighted by Crippen LogP contribution is 2.23. The number of urea groups is 1. The average molecular weight is 650 g/mol. The maximum Gasteiger partial charge on any atom is 0.362 e. The number of carbonyl (C=O) groups excluding carboxylic acids is 6. The molecule has 1 aromatic rings. The Labute approximate surface area is 251 Å². The van der Waals surface area contributed by atoms with E-state index in [0.29, 0.717) is 11.4 Å². The SMILES string of the molecule is CCCCCCCCN1CCN(C(=O)NC(C(=O)NC2CN(S(=O)(=O)O)C2=O)c2csc(NC(=O)CCl)n2)C(=O)C1=O. The van der Waals surface area contributed by atoms with Crippen LogP contribution in [0.25, 0.3) is 0 Å². The number of imide groups is 1. The van der Waals surface area contributed by atoms with E-state index in [1.165, 1.54) is 10.3 Å². The second-order valence-electron chi connectivity index (χ2n) is 9.57. The Balaban J connectivity index is 1.68. The molecule has 2 aliphatic rings. The van der Waals surface area contributed by atoms with Gasteiger partial charge in [0.15, 0.2) is 11.2 Å². The third-order valence-corrected chi connectivity index (χ3v) is 8.44. The molecule has 4 N–H and O–H groups in total. The number of nitrogens with one attached hydrogen (secondary N) is 3. The maximum absolute atomic E-state index is 13.1. The van der Waals surface area contributed by atoms with Crippen molar-refractivity contribution in [1.82, 2.24) is 29.7 Å². The fraction of sp³-hybridized carbons (Fsp3) is 0.609. The Morgan fingerprint density at radius 2 is 1.81 bits per heavy atom. The first kappa shape index (κ1) is 33.2. The number of hydrogen-bond donors (Lipinski definition) is 4. The molecule has 0 radical (unpaired) electrons. The van der Waals surface area contributed by atoms with Gasteiger partial charge in [-0.3, -0.25) is 33.4 Å². The summed E-state index contributed by atoms with van der Waals surface area (Å²) in [6.45, 7) is 1.92. The van der Waals surface area contributed by atoms with E-state index in [1.807, 2.05) is 0 Å². The monoisotopic (exact) mass is 649 g/mol. The first-order valence-electron chi connectivity index (χ1n) is 13.2. The lowest BCUT2D eigenvalue weighted by atomic mass is 10.1. The molecule has 42 heavy (non-hydrogen) atoms. The van der Waals surface area contributed by atoms with Gasteiger partial charge in [-0.2, -0.15) is 8.42 Å². The Morgan fingerprint density at radius 1 is 1.12 bits per heavy atom. The molecule has 0 saturated carbocycles. The van der Waals surface area contributed by atoms with E-state index < -0.39 is 64.5 Å². The molecule has 0 aliphatic carbocycles. The second-order valence-corrected chi connectivity index (χ2v) is 12.0. The van der Waals surface area contributed by atoms with Crippen molar-refractivity contribution in [1.29, 1.82) is 0 Å². The minimum atomic E-state index is -4.81. The Morgan fingerprint density at radius 3 is 2.45 bits per heavy atom. The van der Waals surface area contributed by atoms with Crippen molar-refractivity contribution < 1.29 is 41.7 Å². The Hall–Kier alpha value is -3.35. The average Bonchev–Trinajstić information content (AvgIpc) is 3.40. The van der Waals surface area contributed by atoms with Gasteiger partial charge in [0, 0.05) is 25.0 Å². The summed E-state index contributed by atoms with van der Waals surface area (Å²) in [6, 6.07) is -4.03. The first-order valence-corrected chi connectivity index (χ1v) is 16.0. The van der Waals surface area contributed by atoms with E-state index >= 15 is 0 Å². The van der Waals surface area contributed by atoms with Crippen LogP contribution in [0.3, 0.4) is 0 Å². The van der Waals surface area contributed by atoms with Crippen LogP contribution in [0.2, 0.25) is 0 Å². The molecule has 7 amide bonds. The van der Waals surface area contributed by atoms with Gasteiger partial charge in [-0.05, 0) is 6.42 Å². The van der Waals surface area contributed by atoms with E-state index in [1.54, 1.807) is 0 Å². The van der Waals surface area contributed by atoms with Gasteiger partial charge in [0.25, 0.3) is 5.91 Å². The molecule has 232 valence electrons. The minimum Gasteiger partial charge on any atom is -0.340 e. The number of thiazole rings is 1. The van der Waals surface area contributed by atoms with Crippen LogP contribution < -0.4 is 16.0 Å². The lowest BCUT2D eigenvalue weighted by Crippen LogP contribution is -2.66. The van der Waals surface area contributed by atoms with Crippen LogP contribution in [0.5, 0.6) is 0 Å². The fourth-order valence-electron chi connectivity index (χ4n) is 4.23. The summed E-state index contributed by atoms with van der Waals surface area (Å²) in [5, 5.41) is 8.34. The predicted molar refractivity (Wildman–Crippen MR) is 150 cm³/mol. The summed E-state index contributed by atoms with van der Waals surface area (Å²) in [5.74, 6) is -4.99. The summed E-state index contributed by atoms with van der Waals surface area (Å²) in [7, 11) is -4.81. The molecule has 1 aromatic heterocycles. The van der Waals surface area contributed by atoms with Crippen molar-refractivity contribution in [2.75, 3.05) is 37.4 Å². The third-order valence-electron chi connectivity index (χ3n) is 6.54. The van der Waals surface area contributed by atoms with E-state index in [4.69, 9.17) is 16.2 Å². The third kappa shape index (κ3) is 8.36. The summed E-state index contributed by atoms with van der Waals surface area (Å²) < 4.78 is 31.6. The number of aromatic nitrogens is 1. The smallest absolute Gasteiger partial charge is 0.340 e. The van der Waals surface area contributed by atoms with E-state index in [-0.39, 0.29) is 34.1 Å². The Kier molecular flexibility index (Phi) is 11.6. The van der Waals surface area contributed by atoms with E-state index in [2.05, 4.69) is 27.9 Å². The molecule has 3 heterocycles. The second kappa shape index (κ2) is 14.7. The van der Waals surface area contributed by atoms with Crippen LogP contribution in [0.4, 0.5) is 9.93 Å². The van der Waals surface area contributed by atoms with Crippen molar-refractivity contribution in [2.45, 2.75) is 57.5 Å². The zero-order valence-corrected chi connectivity index (χ0v) is 25.1. The number of hydrogen-bond acceptors (Lipinski definition) is 10. The zero-order chi connectivity index (χ0) is 31.0. The highest BCUT2D eigenvalue weighted by atomic mass is 35.5. The van der Waals surface area contributed by atoms with Crippen molar-refractivity contribution in [2.24, 2.45) is 0 Å². The number of piperazine rings is 1. The molecular weight excluding hydrogens is 618 g/mol. The molecule has 16 nitrogen and oxygen atoms in total. The van der Waals surface area contributed by atoms with Crippen LogP contribution in [-0.2, 0) is 34.3 Å². The minimum absolute atomic E-state index is 0.0366. The van der Waals surface area contributed by atoms with Gasteiger partial charge in [-0.15, -0.1) is 22.9 Å². The van der Waals surface area contributed by atoms with Crippen LogP contribution in [0.1, 0.15) is 57.2 Å². The predicted octanol–water partition coefficient (Wildman–Crippen LogP) is 0.232. The van der Waals surface area contributed by atoms with Gasteiger partial charge >= 0.3 is 28.1 Å². The van der Waals surface area contributed by atoms with E-state index in [0.717, 1.165) is 49.9 Å². The number of amides is 7. The molecular formula is C23H32ClN7O9S2. The van der Waals surface area contributed by atoms with Crippen molar-refractivity contribution >= 4 is 73.9 Å². The number of carbonyl (C=O) groups is 6. The van der Waals surface area contributed by atoms with Gasteiger partial charge < -0.3 is 20.9 Å². The topological polar surface area (TPSA) is 215 Å². The number of unbranched alkanes of at least 4 members (excludes halogenated alkanes) is 5. The zero-order valence-electron chi connectivity index (χ0n) is 22.7. The quantitative estimate of drug-likeness (QED) is 0.0707. The molecule has 0 aromatic carbocycles. The van der Waals surface area contributed by atoms with Crippen molar-refractivity contribution in [3.05, 3.63) is 11.1 Å². The number of β-lactam (4-membered cyclic amide) rings is 1. The number of halogens is 1. The van der Waals surface area contributed by atoms with Crippen LogP contribution in [-0.4, -0.2) is 106 Å². The number of alkyl halides is 1. The molecule has 19 heteroatoms. The largest absolute Gasteiger partial charge is 0.362 e. The van der Waals surface area contributed by atoms with Crippen LogP contribution in [0, 0.1) is 0 Å². The standard InChI is InChI=1S/C23H32ClN7O9S2/c1-2-3-4-5-6-7-8-29-9-10-30(21(36)20(29)35)23(37)28-17(15-13-41-22(26-15)27-16(32)11-24)18(33)25-14-12-31(19(14)34)42(38,39)40/h13-14,17H,2-12H2,1H3,(H,25,33)(H,28,37)(H,26,27,32)(H,38,39,40). The molecule has 2 aliphatic heterocycles. The number of anilines is 1. The van der Waals surface area contributed by atoms with Crippen molar-refractivity contribution in [3.8, 4) is 0 Å².